The second kappa shape index (κ2) is 5.69. The van der Waals surface area contributed by atoms with Crippen LogP contribution in [-0.4, -0.2) is 31.0 Å². The van der Waals surface area contributed by atoms with Gasteiger partial charge in [-0.15, -0.1) is 11.6 Å². The first-order chi connectivity index (χ1) is 8.19. The van der Waals surface area contributed by atoms with Crippen molar-refractivity contribution in [2.45, 2.75) is 12.6 Å². The minimum absolute atomic E-state index is 0.184. The maximum Gasteiger partial charge on any atom is 0.340 e. The topological polar surface area (TPSA) is 44.8 Å². The van der Waals surface area contributed by atoms with Crippen molar-refractivity contribution in [3.8, 4) is 0 Å². The van der Waals surface area contributed by atoms with Crippen molar-refractivity contribution in [3.05, 3.63) is 34.9 Å². The van der Waals surface area contributed by atoms with Gasteiger partial charge in [0.25, 0.3) is 0 Å². The molecule has 0 amide bonds. The Labute approximate surface area is 108 Å². The van der Waals surface area contributed by atoms with Crippen LogP contribution in [0.2, 0.25) is 5.02 Å². The van der Waals surface area contributed by atoms with Gasteiger partial charge in [0.2, 0.25) is 6.29 Å². The van der Waals surface area contributed by atoms with E-state index >= 15 is 0 Å². The van der Waals surface area contributed by atoms with Crippen molar-refractivity contribution in [1.29, 1.82) is 0 Å². The maximum absolute atomic E-state index is 11.7. The van der Waals surface area contributed by atoms with Crippen molar-refractivity contribution in [2.75, 3.05) is 12.5 Å². The molecule has 2 atom stereocenters. The molecule has 0 aromatic heterocycles. The summed E-state index contributed by atoms with van der Waals surface area (Å²) in [5.41, 5.74) is 0.371. The number of rotatable bonds is 3. The van der Waals surface area contributed by atoms with Gasteiger partial charge >= 0.3 is 5.97 Å². The Bertz CT molecular complexity index is 410. The number of hydrogen-bond acceptors (Lipinski definition) is 4. The van der Waals surface area contributed by atoms with Gasteiger partial charge in [-0.25, -0.2) is 4.79 Å². The van der Waals surface area contributed by atoms with Crippen molar-refractivity contribution >= 4 is 29.2 Å². The first-order valence-electron chi connectivity index (χ1n) is 4.98. The summed E-state index contributed by atoms with van der Waals surface area (Å²) in [7, 11) is 0. The molecule has 0 bridgehead atoms. The van der Waals surface area contributed by atoms with E-state index in [2.05, 4.69) is 0 Å². The third kappa shape index (κ3) is 3.33. The number of ether oxygens (including phenoxy) is 3. The van der Waals surface area contributed by atoms with Crippen LogP contribution >= 0.6 is 23.2 Å². The molecule has 1 fully saturated rings. The largest absolute Gasteiger partial charge is 0.429 e. The molecule has 2 rings (SSSR count). The zero-order valence-corrected chi connectivity index (χ0v) is 10.3. The molecular formula is C11H10Cl2O4. The lowest BCUT2D eigenvalue weighted by Crippen LogP contribution is -2.21. The molecule has 6 heteroatoms. The van der Waals surface area contributed by atoms with E-state index in [0.717, 1.165) is 0 Å². The van der Waals surface area contributed by atoms with Crippen LogP contribution in [-0.2, 0) is 14.2 Å². The summed E-state index contributed by atoms with van der Waals surface area (Å²) < 4.78 is 15.4. The van der Waals surface area contributed by atoms with Gasteiger partial charge in [0, 0.05) is 5.02 Å². The van der Waals surface area contributed by atoms with Crippen molar-refractivity contribution in [3.63, 3.8) is 0 Å². The van der Waals surface area contributed by atoms with Crippen LogP contribution in [0.5, 0.6) is 0 Å². The highest BCUT2D eigenvalue weighted by Crippen LogP contribution is 2.17. The van der Waals surface area contributed by atoms with Gasteiger partial charge in [-0.05, 0) is 18.2 Å². The molecular weight excluding hydrogens is 267 g/mol. The molecule has 0 aliphatic carbocycles. The average Bonchev–Trinajstić information content (AvgIpc) is 2.77. The summed E-state index contributed by atoms with van der Waals surface area (Å²) in [5, 5.41) is 0.474. The van der Waals surface area contributed by atoms with Gasteiger partial charge < -0.3 is 14.2 Å². The third-order valence-corrected chi connectivity index (χ3v) is 2.63. The molecule has 0 saturated carbocycles. The molecule has 17 heavy (non-hydrogen) atoms. The first kappa shape index (κ1) is 12.6. The number of esters is 1. The van der Waals surface area contributed by atoms with Gasteiger partial charge in [-0.1, -0.05) is 17.7 Å². The SMILES string of the molecule is O=C(O[C@H]1CO[C@@H](CCl)O1)c1cccc(Cl)c1. The highest BCUT2D eigenvalue weighted by Gasteiger charge is 2.28. The standard InChI is InChI=1S/C11H10Cl2O4/c12-5-9-15-6-10(16-9)17-11(14)7-2-1-3-8(13)4-7/h1-4,9-10H,5-6H2/t9-,10+/m1/s1. The lowest BCUT2D eigenvalue weighted by Gasteiger charge is -2.10. The molecule has 1 aromatic carbocycles. The minimum Gasteiger partial charge on any atom is -0.429 e. The summed E-state index contributed by atoms with van der Waals surface area (Å²) in [6, 6.07) is 6.49. The van der Waals surface area contributed by atoms with E-state index in [1.165, 1.54) is 6.07 Å². The molecule has 1 aliphatic rings. The molecule has 0 spiro atoms. The smallest absolute Gasteiger partial charge is 0.340 e. The quantitative estimate of drug-likeness (QED) is 0.628. The van der Waals surface area contributed by atoms with E-state index in [1.807, 2.05) is 0 Å². The molecule has 1 saturated heterocycles. The van der Waals surface area contributed by atoms with E-state index in [0.29, 0.717) is 10.6 Å². The predicted octanol–water partition coefficient (Wildman–Crippen LogP) is 2.43. The van der Waals surface area contributed by atoms with Crippen LogP contribution in [0.15, 0.2) is 24.3 Å². The van der Waals surface area contributed by atoms with Crippen LogP contribution < -0.4 is 0 Å². The van der Waals surface area contributed by atoms with Crippen LogP contribution in [0.3, 0.4) is 0 Å². The van der Waals surface area contributed by atoms with Crippen molar-refractivity contribution in [1.82, 2.24) is 0 Å². The van der Waals surface area contributed by atoms with Crippen LogP contribution in [0.4, 0.5) is 0 Å². The first-order valence-corrected chi connectivity index (χ1v) is 5.90. The number of carbonyl (C=O) groups excluding carboxylic acids is 1. The van der Waals surface area contributed by atoms with E-state index < -0.39 is 18.5 Å². The Hall–Kier alpha value is -0.810. The average molecular weight is 277 g/mol. The molecule has 1 aromatic rings. The number of hydrogen-bond donors (Lipinski definition) is 0. The predicted molar refractivity (Wildman–Crippen MR) is 62.2 cm³/mol. The van der Waals surface area contributed by atoms with Crippen LogP contribution in [0.25, 0.3) is 0 Å². The highest BCUT2D eigenvalue weighted by atomic mass is 35.5. The molecule has 4 nitrogen and oxygen atoms in total. The summed E-state index contributed by atoms with van der Waals surface area (Å²) >= 11 is 11.3. The normalized spacial score (nSPS) is 23.6. The fourth-order valence-electron chi connectivity index (χ4n) is 1.38. The lowest BCUT2D eigenvalue weighted by atomic mass is 10.2. The Morgan fingerprint density at radius 3 is 3.00 bits per heavy atom. The van der Waals surface area contributed by atoms with Gasteiger partial charge in [0.05, 0.1) is 11.4 Å². The van der Waals surface area contributed by atoms with E-state index in [-0.39, 0.29) is 12.5 Å². The number of carbonyl (C=O) groups is 1. The van der Waals surface area contributed by atoms with Crippen molar-refractivity contribution in [2.24, 2.45) is 0 Å². The molecule has 1 aliphatic heterocycles. The summed E-state index contributed by atoms with van der Waals surface area (Å²) in [5.74, 6) is -0.304. The summed E-state index contributed by atoms with van der Waals surface area (Å²) in [6.07, 6.45) is -1.24. The Balaban J connectivity index is 1.94. The second-order valence-electron chi connectivity index (χ2n) is 3.40. The zero-order valence-electron chi connectivity index (χ0n) is 8.77. The van der Waals surface area contributed by atoms with Gasteiger partial charge in [-0.3, -0.25) is 0 Å². The summed E-state index contributed by atoms with van der Waals surface area (Å²) in [6.45, 7) is 0.184. The van der Waals surface area contributed by atoms with E-state index in [4.69, 9.17) is 37.4 Å². The lowest BCUT2D eigenvalue weighted by molar-refractivity contribution is -0.110. The summed E-state index contributed by atoms with van der Waals surface area (Å²) in [4.78, 5) is 11.7. The maximum atomic E-state index is 11.7. The minimum atomic E-state index is -0.717. The van der Waals surface area contributed by atoms with E-state index in [1.54, 1.807) is 18.2 Å². The molecule has 92 valence electrons. The third-order valence-electron chi connectivity index (χ3n) is 2.15. The Morgan fingerprint density at radius 1 is 1.53 bits per heavy atom. The van der Waals surface area contributed by atoms with E-state index in [9.17, 15) is 4.79 Å². The van der Waals surface area contributed by atoms with Crippen LogP contribution in [0, 0.1) is 0 Å². The molecule has 0 radical (unpaired) electrons. The Morgan fingerprint density at radius 2 is 2.35 bits per heavy atom. The molecule has 0 unspecified atom stereocenters. The fraction of sp³-hybridized carbons (Fsp3) is 0.364. The number of alkyl halides is 1. The van der Waals surface area contributed by atoms with Crippen LogP contribution in [0.1, 0.15) is 10.4 Å². The van der Waals surface area contributed by atoms with Gasteiger partial charge in [0.1, 0.15) is 6.61 Å². The number of halogens is 2. The Kier molecular flexibility index (Phi) is 4.23. The molecule has 1 heterocycles. The fourth-order valence-corrected chi connectivity index (χ4v) is 1.73. The van der Waals surface area contributed by atoms with Gasteiger partial charge in [-0.2, -0.15) is 0 Å². The van der Waals surface area contributed by atoms with Gasteiger partial charge in [0.15, 0.2) is 6.29 Å². The second-order valence-corrected chi connectivity index (χ2v) is 4.14. The molecule has 0 N–H and O–H groups in total. The zero-order chi connectivity index (χ0) is 12.3. The number of benzene rings is 1. The monoisotopic (exact) mass is 276 g/mol. The highest BCUT2D eigenvalue weighted by molar-refractivity contribution is 6.30. The van der Waals surface area contributed by atoms with Crippen molar-refractivity contribution < 1.29 is 19.0 Å².